The predicted octanol–water partition coefficient (Wildman–Crippen LogP) is 6.77. The molecule has 1 N–H and O–H groups in total. The van der Waals surface area contributed by atoms with Crippen LogP contribution < -0.4 is 5.43 Å². The van der Waals surface area contributed by atoms with Crippen molar-refractivity contribution in [2.75, 3.05) is 5.43 Å². The van der Waals surface area contributed by atoms with Gasteiger partial charge in [-0.3, -0.25) is 25.7 Å². The molecule has 0 aliphatic heterocycles. The van der Waals surface area contributed by atoms with Crippen molar-refractivity contribution in [3.8, 4) is 11.1 Å². The number of rotatable bonds is 8. The molecular weight excluding hydrogens is 512 g/mol. The van der Waals surface area contributed by atoms with Crippen molar-refractivity contribution in [2.24, 2.45) is 5.10 Å². The van der Waals surface area contributed by atoms with Crippen LogP contribution in [-0.4, -0.2) is 26.0 Å². The number of thiophene rings is 1. The molecule has 0 aliphatic carbocycles. The van der Waals surface area contributed by atoms with Gasteiger partial charge in [-0.2, -0.15) is 5.10 Å². The summed E-state index contributed by atoms with van der Waals surface area (Å²) in [4.78, 5) is 31.8. The standard InChI is InChI=1S/C25H16N6O4S2/c32-30(33)18-10-6-7-16(13-18)14-28-29-23-22-21(17-8-2-1-3-9-17)25(37-24(22)27-15-26-23)36-20-12-5-4-11-19(20)31(34)35/h1-15H,(H,26,27,29)/b28-14+. The van der Waals surface area contributed by atoms with E-state index in [9.17, 15) is 20.2 Å². The molecule has 2 heterocycles. The number of nitrogens with zero attached hydrogens (tertiary/aromatic N) is 5. The number of nitro benzene ring substituents is 2. The van der Waals surface area contributed by atoms with Gasteiger partial charge in [-0.05, 0) is 11.6 Å². The van der Waals surface area contributed by atoms with E-state index in [4.69, 9.17) is 0 Å². The average Bonchev–Trinajstić information content (AvgIpc) is 3.28. The van der Waals surface area contributed by atoms with E-state index in [0.717, 1.165) is 20.7 Å². The highest BCUT2D eigenvalue weighted by Gasteiger charge is 2.22. The third-order valence-corrected chi connectivity index (χ3v) is 7.60. The second-order valence-corrected chi connectivity index (χ2v) is 9.89. The Hall–Kier alpha value is -4.68. The lowest BCUT2D eigenvalue weighted by atomic mass is 10.1. The molecule has 0 unspecified atom stereocenters. The first-order valence-corrected chi connectivity index (χ1v) is 12.4. The van der Waals surface area contributed by atoms with Gasteiger partial charge in [-0.1, -0.05) is 66.4 Å². The molecule has 0 spiro atoms. The summed E-state index contributed by atoms with van der Waals surface area (Å²) in [6.07, 6.45) is 2.89. The number of anilines is 1. The lowest BCUT2D eigenvalue weighted by molar-refractivity contribution is -0.387. The first kappa shape index (κ1) is 24.0. The third-order valence-electron chi connectivity index (χ3n) is 5.25. The van der Waals surface area contributed by atoms with E-state index in [1.54, 1.807) is 30.3 Å². The van der Waals surface area contributed by atoms with E-state index in [1.807, 2.05) is 30.3 Å². The van der Waals surface area contributed by atoms with Crippen LogP contribution in [0.5, 0.6) is 0 Å². The Balaban J connectivity index is 1.58. The number of non-ortho nitro benzene ring substituents is 1. The molecule has 10 nitrogen and oxygen atoms in total. The quantitative estimate of drug-likeness (QED) is 0.132. The molecule has 37 heavy (non-hydrogen) atoms. The fourth-order valence-electron chi connectivity index (χ4n) is 3.62. The number of para-hydroxylation sites is 1. The zero-order valence-electron chi connectivity index (χ0n) is 18.8. The highest BCUT2D eigenvalue weighted by atomic mass is 32.2. The van der Waals surface area contributed by atoms with E-state index in [2.05, 4.69) is 20.5 Å². The van der Waals surface area contributed by atoms with Crippen LogP contribution in [0.1, 0.15) is 5.56 Å². The topological polar surface area (TPSA) is 136 Å². The van der Waals surface area contributed by atoms with Crippen molar-refractivity contribution in [3.05, 3.63) is 111 Å². The molecule has 0 bridgehead atoms. The summed E-state index contributed by atoms with van der Waals surface area (Å²) in [5.41, 5.74) is 5.21. The molecule has 5 aromatic rings. The van der Waals surface area contributed by atoms with Crippen LogP contribution in [0.4, 0.5) is 17.2 Å². The normalized spacial score (nSPS) is 11.1. The highest BCUT2D eigenvalue weighted by Crippen LogP contribution is 2.49. The average molecular weight is 529 g/mol. The van der Waals surface area contributed by atoms with Crippen LogP contribution in [0.2, 0.25) is 0 Å². The Morgan fingerprint density at radius 1 is 0.919 bits per heavy atom. The van der Waals surface area contributed by atoms with E-state index < -0.39 is 9.85 Å². The summed E-state index contributed by atoms with van der Waals surface area (Å²) < 4.78 is 0.821. The van der Waals surface area contributed by atoms with Gasteiger partial charge >= 0.3 is 0 Å². The van der Waals surface area contributed by atoms with E-state index in [1.165, 1.54) is 53.8 Å². The van der Waals surface area contributed by atoms with Crippen molar-refractivity contribution in [1.29, 1.82) is 0 Å². The minimum Gasteiger partial charge on any atom is -0.261 e. The Morgan fingerprint density at radius 2 is 1.70 bits per heavy atom. The molecule has 5 rings (SSSR count). The monoisotopic (exact) mass is 528 g/mol. The maximum absolute atomic E-state index is 11.6. The summed E-state index contributed by atoms with van der Waals surface area (Å²) in [5.74, 6) is 0.441. The zero-order valence-corrected chi connectivity index (χ0v) is 20.5. The number of nitro groups is 2. The Kier molecular flexibility index (Phi) is 6.83. The maximum Gasteiger partial charge on any atom is 0.283 e. The molecular formula is C25H16N6O4S2. The number of fused-ring (bicyclic) bond motifs is 1. The minimum absolute atomic E-state index is 0.0231. The lowest BCUT2D eigenvalue weighted by Crippen LogP contribution is -1.96. The molecule has 0 saturated heterocycles. The number of hydrogen-bond donors (Lipinski definition) is 1. The molecule has 0 radical (unpaired) electrons. The van der Waals surface area contributed by atoms with E-state index in [-0.39, 0.29) is 11.4 Å². The number of benzene rings is 3. The minimum atomic E-state index is -0.466. The van der Waals surface area contributed by atoms with Crippen molar-refractivity contribution >= 4 is 56.7 Å². The van der Waals surface area contributed by atoms with Gasteiger partial charge in [0.15, 0.2) is 5.82 Å². The number of aromatic nitrogens is 2. The lowest BCUT2D eigenvalue weighted by Gasteiger charge is -2.07. The van der Waals surface area contributed by atoms with E-state index >= 15 is 0 Å². The van der Waals surface area contributed by atoms with Crippen LogP contribution in [0.3, 0.4) is 0 Å². The van der Waals surface area contributed by atoms with Crippen molar-refractivity contribution in [3.63, 3.8) is 0 Å². The molecule has 0 amide bonds. The largest absolute Gasteiger partial charge is 0.283 e. The van der Waals surface area contributed by atoms with Gasteiger partial charge < -0.3 is 0 Å². The molecule has 3 aromatic carbocycles. The fourth-order valence-corrected chi connectivity index (χ4v) is 6.10. The Bertz CT molecular complexity index is 1660. The van der Waals surface area contributed by atoms with Gasteiger partial charge in [0.2, 0.25) is 0 Å². The van der Waals surface area contributed by atoms with Crippen LogP contribution >= 0.6 is 23.1 Å². The van der Waals surface area contributed by atoms with E-state index in [0.29, 0.717) is 21.1 Å². The van der Waals surface area contributed by atoms with Crippen LogP contribution in [0.25, 0.3) is 21.3 Å². The van der Waals surface area contributed by atoms with Crippen LogP contribution in [0, 0.1) is 20.2 Å². The molecule has 0 atom stereocenters. The zero-order chi connectivity index (χ0) is 25.8. The van der Waals surface area contributed by atoms with Gasteiger partial charge in [0.05, 0.1) is 30.6 Å². The SMILES string of the molecule is O=[N+]([O-])c1cccc(/C=N/Nc2ncnc3sc(Sc4ccccc4[N+](=O)[O-])c(-c4ccccc4)c23)c1. The number of nitrogens with one attached hydrogen (secondary N) is 1. The summed E-state index contributed by atoms with van der Waals surface area (Å²) in [7, 11) is 0. The summed E-state index contributed by atoms with van der Waals surface area (Å²) in [6.45, 7) is 0. The van der Waals surface area contributed by atoms with Gasteiger partial charge in [0, 0.05) is 29.3 Å². The van der Waals surface area contributed by atoms with Crippen LogP contribution in [0.15, 0.2) is 99.4 Å². The maximum atomic E-state index is 11.6. The fraction of sp³-hybridized carbons (Fsp3) is 0. The molecule has 0 saturated carbocycles. The third kappa shape index (κ3) is 5.15. The summed E-state index contributed by atoms with van der Waals surface area (Å²) in [5, 5.41) is 27.6. The molecule has 12 heteroatoms. The second kappa shape index (κ2) is 10.5. The van der Waals surface area contributed by atoms with Gasteiger partial charge in [0.25, 0.3) is 11.4 Å². The second-order valence-electron chi connectivity index (χ2n) is 7.58. The number of hydrogen-bond acceptors (Lipinski definition) is 10. The Labute approximate surface area is 218 Å². The van der Waals surface area contributed by atoms with Gasteiger partial charge in [0.1, 0.15) is 11.2 Å². The Morgan fingerprint density at radius 3 is 2.49 bits per heavy atom. The van der Waals surface area contributed by atoms with Crippen LogP contribution in [-0.2, 0) is 0 Å². The first-order valence-electron chi connectivity index (χ1n) is 10.8. The number of hydrazone groups is 1. The van der Waals surface area contributed by atoms with Crippen molar-refractivity contribution in [1.82, 2.24) is 9.97 Å². The predicted molar refractivity (Wildman–Crippen MR) is 144 cm³/mol. The highest BCUT2D eigenvalue weighted by molar-refractivity contribution is 8.01. The van der Waals surface area contributed by atoms with Crippen molar-refractivity contribution < 1.29 is 9.85 Å². The summed E-state index contributed by atoms with van der Waals surface area (Å²) in [6, 6.07) is 22.4. The van der Waals surface area contributed by atoms with Crippen molar-refractivity contribution in [2.45, 2.75) is 9.10 Å². The smallest absolute Gasteiger partial charge is 0.261 e. The van der Waals surface area contributed by atoms with Gasteiger partial charge in [-0.25, -0.2) is 9.97 Å². The first-order chi connectivity index (χ1) is 18.0. The molecule has 182 valence electrons. The van der Waals surface area contributed by atoms with Gasteiger partial charge in [-0.15, -0.1) is 11.3 Å². The molecule has 0 fully saturated rings. The molecule has 0 aliphatic rings. The summed E-state index contributed by atoms with van der Waals surface area (Å²) >= 11 is 2.71. The molecule has 2 aromatic heterocycles.